The van der Waals surface area contributed by atoms with Crippen molar-refractivity contribution in [3.05, 3.63) is 57.6 Å². The van der Waals surface area contributed by atoms with Gasteiger partial charge in [0.25, 0.3) is 5.91 Å². The van der Waals surface area contributed by atoms with E-state index in [0.717, 1.165) is 12.0 Å². The number of methoxy groups -OCH3 is 1. The highest BCUT2D eigenvalue weighted by atomic mass is 35.5. The molecule has 1 amide bonds. The van der Waals surface area contributed by atoms with E-state index in [-0.39, 0.29) is 13.2 Å². The highest BCUT2D eigenvalue weighted by Gasteiger charge is 2.22. The highest BCUT2D eigenvalue weighted by molar-refractivity contribution is 6.42. The largest absolute Gasteiger partial charge is 0.493 e. The Kier molecular flexibility index (Phi) is 10.7. The molecule has 1 atom stereocenters. The van der Waals surface area contributed by atoms with Gasteiger partial charge in [0.15, 0.2) is 17.6 Å². The van der Waals surface area contributed by atoms with Crippen LogP contribution in [0.15, 0.2) is 36.4 Å². The zero-order valence-corrected chi connectivity index (χ0v) is 19.3. The van der Waals surface area contributed by atoms with Crippen molar-refractivity contribution in [2.24, 2.45) is 0 Å². The summed E-state index contributed by atoms with van der Waals surface area (Å²) in [6, 6.07) is 10.3. The molecule has 2 rings (SSSR count). The minimum Gasteiger partial charge on any atom is -0.493 e. The molecular weight excluding hydrogens is 451 g/mol. The Morgan fingerprint density at radius 3 is 2.59 bits per heavy atom. The maximum Gasteiger partial charge on any atom is 0.267 e. The Hall–Kier alpha value is -2.87. The number of benzene rings is 2. The van der Waals surface area contributed by atoms with E-state index in [1.165, 1.54) is 0 Å². The number of nitrogens with one attached hydrogen (secondary N) is 2. The zero-order valence-electron chi connectivity index (χ0n) is 17.8. The smallest absolute Gasteiger partial charge is 0.267 e. The number of carbonyl (C=O) groups is 1. The van der Waals surface area contributed by atoms with Crippen LogP contribution in [0.1, 0.15) is 30.6 Å². The minimum atomic E-state index is -0.956. The van der Waals surface area contributed by atoms with Gasteiger partial charge >= 0.3 is 0 Å². The molecular formula is C24H24Cl2N2O4. The van der Waals surface area contributed by atoms with E-state index in [4.69, 9.17) is 43.8 Å². The molecule has 0 saturated carbocycles. The predicted octanol–water partition coefficient (Wildman–Crippen LogP) is 4.31. The molecule has 0 aliphatic carbocycles. The normalized spacial score (nSPS) is 11.0. The van der Waals surface area contributed by atoms with E-state index >= 15 is 0 Å². The van der Waals surface area contributed by atoms with E-state index in [0.29, 0.717) is 33.7 Å². The van der Waals surface area contributed by atoms with Gasteiger partial charge in [0.1, 0.15) is 13.2 Å². The fraction of sp³-hybridized carbons (Fsp3) is 0.292. The molecule has 0 bridgehead atoms. The lowest BCUT2D eigenvalue weighted by atomic mass is 10.1. The van der Waals surface area contributed by atoms with Crippen molar-refractivity contribution in [2.75, 3.05) is 20.3 Å². The number of hydrogen-bond donors (Lipinski definition) is 2. The Bertz CT molecular complexity index is 1020. The van der Waals surface area contributed by atoms with Crippen molar-refractivity contribution in [1.82, 2.24) is 10.9 Å². The summed E-state index contributed by atoms with van der Waals surface area (Å²) in [4.78, 5) is 12.7. The molecule has 32 heavy (non-hydrogen) atoms. The van der Waals surface area contributed by atoms with Gasteiger partial charge in [-0.3, -0.25) is 10.2 Å². The third-order valence-electron chi connectivity index (χ3n) is 4.15. The second kappa shape index (κ2) is 13.5. The van der Waals surface area contributed by atoms with Crippen LogP contribution < -0.4 is 20.3 Å². The van der Waals surface area contributed by atoms with Gasteiger partial charge in [0, 0.05) is 13.0 Å². The summed E-state index contributed by atoms with van der Waals surface area (Å²) in [6.07, 6.45) is 5.09. The lowest BCUT2D eigenvalue weighted by molar-refractivity contribution is -0.133. The number of terminal acetylenes is 1. The van der Waals surface area contributed by atoms with Crippen molar-refractivity contribution in [3.8, 4) is 35.7 Å². The van der Waals surface area contributed by atoms with Gasteiger partial charge in [-0.25, -0.2) is 5.43 Å². The summed E-state index contributed by atoms with van der Waals surface area (Å²) in [5.41, 5.74) is 6.90. The maximum absolute atomic E-state index is 12.7. The van der Waals surface area contributed by atoms with E-state index in [9.17, 15) is 4.79 Å². The lowest BCUT2D eigenvalue weighted by Crippen LogP contribution is -2.40. The third-order valence-corrected chi connectivity index (χ3v) is 4.89. The molecule has 0 spiro atoms. The third kappa shape index (κ3) is 7.67. The number of hydrogen-bond acceptors (Lipinski definition) is 5. The summed E-state index contributed by atoms with van der Waals surface area (Å²) in [7, 11) is 1.56. The van der Waals surface area contributed by atoms with Crippen molar-refractivity contribution in [2.45, 2.75) is 26.0 Å². The van der Waals surface area contributed by atoms with E-state index in [1.807, 2.05) is 19.1 Å². The Labute approximate surface area is 198 Å². The van der Waals surface area contributed by atoms with E-state index in [2.05, 4.69) is 28.6 Å². The fourth-order valence-corrected chi connectivity index (χ4v) is 2.97. The molecule has 0 saturated heterocycles. The Morgan fingerprint density at radius 1 is 1.09 bits per heavy atom. The molecule has 0 fully saturated rings. The van der Waals surface area contributed by atoms with Gasteiger partial charge in [-0.15, -0.1) is 12.3 Å². The van der Waals surface area contributed by atoms with Crippen LogP contribution in [-0.2, 0) is 16.1 Å². The van der Waals surface area contributed by atoms with Gasteiger partial charge in [-0.05, 0) is 35.4 Å². The number of amides is 1. The molecule has 0 aromatic heterocycles. The van der Waals surface area contributed by atoms with Crippen molar-refractivity contribution >= 4 is 29.1 Å². The van der Waals surface area contributed by atoms with Gasteiger partial charge in [-0.2, -0.15) is 0 Å². The van der Waals surface area contributed by atoms with Crippen LogP contribution in [0.2, 0.25) is 10.0 Å². The molecule has 0 aliphatic heterocycles. The number of halogens is 2. The van der Waals surface area contributed by atoms with Crippen LogP contribution in [0.4, 0.5) is 0 Å². The molecule has 2 aromatic carbocycles. The standard InChI is InChI=1S/C24H24Cl2N2O4/c1-4-6-7-13-31-21-11-8-17(14-22(21)30-3)16-27-28-24(29)23(32-12-5-2)18-9-10-19(25)20(26)15-18/h2,8-11,14-15,23,27H,4,12-13,16H2,1,3H3,(H,28,29). The van der Waals surface area contributed by atoms with Gasteiger partial charge in [0.05, 0.1) is 17.2 Å². The molecule has 0 radical (unpaired) electrons. The van der Waals surface area contributed by atoms with Crippen molar-refractivity contribution in [1.29, 1.82) is 0 Å². The Balaban J connectivity index is 1.99. The average Bonchev–Trinajstić information content (AvgIpc) is 2.79. The first-order valence-corrected chi connectivity index (χ1v) is 10.5. The van der Waals surface area contributed by atoms with E-state index in [1.54, 1.807) is 31.4 Å². The zero-order chi connectivity index (χ0) is 23.3. The molecule has 2 N–H and O–H groups in total. The van der Waals surface area contributed by atoms with Crippen LogP contribution in [-0.4, -0.2) is 26.2 Å². The maximum atomic E-state index is 12.7. The minimum absolute atomic E-state index is 0.0420. The van der Waals surface area contributed by atoms with Gasteiger partial charge < -0.3 is 14.2 Å². The average molecular weight is 475 g/mol. The molecule has 168 valence electrons. The second-order valence-electron chi connectivity index (χ2n) is 6.39. The lowest BCUT2D eigenvalue weighted by Gasteiger charge is -2.18. The molecule has 1 unspecified atom stereocenters. The molecule has 2 aromatic rings. The number of hydrazine groups is 1. The Morgan fingerprint density at radius 2 is 1.91 bits per heavy atom. The van der Waals surface area contributed by atoms with Crippen LogP contribution in [0.25, 0.3) is 0 Å². The molecule has 0 heterocycles. The highest BCUT2D eigenvalue weighted by Crippen LogP contribution is 2.28. The van der Waals surface area contributed by atoms with Gasteiger partial charge in [0.2, 0.25) is 0 Å². The topological polar surface area (TPSA) is 68.8 Å². The predicted molar refractivity (Wildman–Crippen MR) is 126 cm³/mol. The molecule has 6 nitrogen and oxygen atoms in total. The first-order chi connectivity index (χ1) is 15.5. The summed E-state index contributed by atoms with van der Waals surface area (Å²) in [5.74, 6) is 8.94. The first-order valence-electron chi connectivity index (χ1n) is 9.78. The van der Waals surface area contributed by atoms with Crippen LogP contribution in [0, 0.1) is 24.2 Å². The fourth-order valence-electron chi connectivity index (χ4n) is 2.66. The SMILES string of the molecule is C#CCOC(C(=O)NNCc1ccc(OCC#CCC)c(OC)c1)c1ccc(Cl)c(Cl)c1. The van der Waals surface area contributed by atoms with Crippen LogP contribution in [0.3, 0.4) is 0 Å². The first kappa shape index (κ1) is 25.4. The summed E-state index contributed by atoms with van der Waals surface area (Å²) in [6.45, 7) is 2.55. The summed E-state index contributed by atoms with van der Waals surface area (Å²) in [5, 5.41) is 0.692. The summed E-state index contributed by atoms with van der Waals surface area (Å²) < 4.78 is 16.5. The number of ether oxygens (including phenoxy) is 3. The van der Waals surface area contributed by atoms with Crippen molar-refractivity contribution < 1.29 is 19.0 Å². The quantitative estimate of drug-likeness (QED) is 0.396. The molecule has 8 heteroatoms. The van der Waals surface area contributed by atoms with Gasteiger partial charge in [-0.1, -0.05) is 54.1 Å². The van der Waals surface area contributed by atoms with Crippen LogP contribution in [0.5, 0.6) is 11.5 Å². The monoisotopic (exact) mass is 474 g/mol. The number of carbonyl (C=O) groups excluding carboxylic acids is 1. The number of rotatable bonds is 10. The van der Waals surface area contributed by atoms with E-state index < -0.39 is 12.0 Å². The van der Waals surface area contributed by atoms with Crippen molar-refractivity contribution in [3.63, 3.8) is 0 Å². The molecule has 0 aliphatic rings. The van der Waals surface area contributed by atoms with Crippen LogP contribution >= 0.6 is 23.2 Å². The second-order valence-corrected chi connectivity index (χ2v) is 7.21. The summed E-state index contributed by atoms with van der Waals surface area (Å²) >= 11 is 12.0.